The van der Waals surface area contributed by atoms with E-state index in [2.05, 4.69) is 38.8 Å². The molecule has 184 valence electrons. The Bertz CT molecular complexity index is 1030. The number of hydrogen-bond donors (Lipinski definition) is 1. The van der Waals surface area contributed by atoms with Crippen LogP contribution >= 0.6 is 23.2 Å². The topological polar surface area (TPSA) is 67.6 Å². The number of piperidine rings is 1. The molecule has 0 aliphatic carbocycles. The molecule has 1 saturated heterocycles. The lowest BCUT2D eigenvalue weighted by Gasteiger charge is -2.46. The Kier molecular flexibility index (Phi) is 7.39. The van der Waals surface area contributed by atoms with Crippen molar-refractivity contribution < 1.29 is 23.1 Å². The molecule has 1 N–H and O–H groups in total. The molecule has 2 aromatic rings. The van der Waals surface area contributed by atoms with E-state index in [9.17, 15) is 9.90 Å². The number of alkyl halides is 2. The summed E-state index contributed by atoms with van der Waals surface area (Å²) in [5, 5.41) is 10.2. The maximum atomic E-state index is 15.4. The molecule has 1 aromatic carbocycles. The van der Waals surface area contributed by atoms with Crippen molar-refractivity contribution in [1.82, 2.24) is 14.5 Å². The number of carboxylic acid groups (broad SMARTS) is 1. The molecule has 1 amide bonds. The van der Waals surface area contributed by atoms with Crippen molar-refractivity contribution in [1.29, 1.82) is 0 Å². The van der Waals surface area contributed by atoms with E-state index >= 15 is 8.78 Å². The van der Waals surface area contributed by atoms with Gasteiger partial charge in [0.1, 0.15) is 0 Å². The summed E-state index contributed by atoms with van der Waals surface area (Å²) in [6.45, 7) is 9.88. The Morgan fingerprint density at radius 3 is 2.52 bits per heavy atom. The largest absolute Gasteiger partial charge is 0.465 e. The monoisotopic (exact) mass is 521 g/mol. The maximum absolute atomic E-state index is 15.4. The van der Waals surface area contributed by atoms with Crippen LogP contribution in [0.15, 0.2) is 18.5 Å². The number of rotatable bonds is 6. The van der Waals surface area contributed by atoms with Gasteiger partial charge >= 0.3 is 6.09 Å². The van der Waals surface area contributed by atoms with Gasteiger partial charge in [0, 0.05) is 13.0 Å². The number of likely N-dealkylation sites (tertiary alicyclic amines) is 1. The quantitative estimate of drug-likeness (QED) is 0.419. The molecule has 3 rings (SSSR count). The predicted molar refractivity (Wildman–Crippen MR) is 129 cm³/mol. The van der Waals surface area contributed by atoms with Crippen LogP contribution in [0.3, 0.4) is 0 Å². The Labute approximate surface area is 203 Å². The van der Waals surface area contributed by atoms with E-state index in [1.54, 1.807) is 0 Å². The average molecular weight is 522 g/mol. The van der Waals surface area contributed by atoms with E-state index in [1.165, 1.54) is 23.0 Å². The lowest BCUT2D eigenvalue weighted by atomic mass is 9.94. The molecule has 1 aliphatic heterocycles. The number of aromatic nitrogens is 2. The van der Waals surface area contributed by atoms with Gasteiger partial charge in [-0.15, -0.1) is 0 Å². The maximum Gasteiger partial charge on any atom is 0.407 e. The van der Waals surface area contributed by atoms with Gasteiger partial charge in [-0.1, -0.05) is 44.0 Å². The molecule has 6 nitrogen and oxygen atoms in total. The van der Waals surface area contributed by atoms with Crippen LogP contribution in [-0.2, 0) is 11.0 Å². The Morgan fingerprint density at radius 2 is 1.91 bits per heavy atom. The lowest BCUT2D eigenvalue weighted by Crippen LogP contribution is -2.57. The molecule has 33 heavy (non-hydrogen) atoms. The third-order valence-electron chi connectivity index (χ3n) is 6.79. The first kappa shape index (κ1) is 26.2. The fourth-order valence-corrected chi connectivity index (χ4v) is 5.69. The van der Waals surface area contributed by atoms with Gasteiger partial charge in [-0.05, 0) is 43.1 Å². The highest BCUT2D eigenvalue weighted by atomic mass is 35.5. The first-order chi connectivity index (χ1) is 15.1. The molecule has 11 heteroatoms. The van der Waals surface area contributed by atoms with Crippen LogP contribution < -0.4 is 0 Å². The van der Waals surface area contributed by atoms with E-state index in [0.29, 0.717) is 28.9 Å². The molecule has 0 bridgehead atoms. The number of halogens is 4. The van der Waals surface area contributed by atoms with E-state index in [4.69, 9.17) is 27.6 Å². The number of fused-ring (bicyclic) bond motifs is 1. The molecule has 2 heterocycles. The van der Waals surface area contributed by atoms with Crippen LogP contribution in [0.1, 0.15) is 40.0 Å². The Balaban J connectivity index is 1.87. The molecule has 0 radical (unpaired) electrons. The number of imidazole rings is 1. The van der Waals surface area contributed by atoms with Crippen LogP contribution in [0, 0.1) is 0 Å². The van der Waals surface area contributed by atoms with Crippen molar-refractivity contribution >= 4 is 48.6 Å². The van der Waals surface area contributed by atoms with Crippen LogP contribution in [0.4, 0.5) is 13.6 Å². The molecule has 0 saturated carbocycles. The second kappa shape index (κ2) is 9.32. The van der Waals surface area contributed by atoms with Crippen molar-refractivity contribution in [3.05, 3.63) is 28.5 Å². The van der Waals surface area contributed by atoms with Crippen molar-refractivity contribution in [2.24, 2.45) is 0 Å². The normalized spacial score (nSPS) is 20.5. The van der Waals surface area contributed by atoms with E-state index in [0.717, 1.165) is 4.90 Å². The first-order valence-corrected chi connectivity index (χ1v) is 14.6. The van der Waals surface area contributed by atoms with Gasteiger partial charge < -0.3 is 19.0 Å². The highest BCUT2D eigenvalue weighted by Crippen LogP contribution is 2.41. The molecule has 1 fully saturated rings. The van der Waals surface area contributed by atoms with Crippen LogP contribution in [-0.4, -0.2) is 58.6 Å². The summed E-state index contributed by atoms with van der Waals surface area (Å²) in [6, 6.07) is 2.10. The van der Waals surface area contributed by atoms with Crippen LogP contribution in [0.25, 0.3) is 11.0 Å². The van der Waals surface area contributed by atoms with Gasteiger partial charge in [0.2, 0.25) is 0 Å². The van der Waals surface area contributed by atoms with Gasteiger partial charge in [-0.2, -0.15) is 0 Å². The summed E-state index contributed by atoms with van der Waals surface area (Å²) in [5.74, 6) is -3.20. The van der Waals surface area contributed by atoms with Crippen molar-refractivity contribution in [2.75, 3.05) is 6.54 Å². The lowest BCUT2D eigenvalue weighted by molar-refractivity contribution is -0.0724. The number of hydrogen-bond acceptors (Lipinski definition) is 3. The zero-order valence-electron chi connectivity index (χ0n) is 19.5. The number of nitrogens with zero attached hydrogens (tertiary/aromatic N) is 3. The van der Waals surface area contributed by atoms with Crippen molar-refractivity contribution in [2.45, 2.75) is 82.8 Å². The molecule has 1 aliphatic rings. The van der Waals surface area contributed by atoms with Crippen LogP contribution in [0.2, 0.25) is 28.2 Å². The summed E-state index contributed by atoms with van der Waals surface area (Å²) in [4.78, 5) is 17.2. The SMILES string of the molecule is CC(C)(C)[Si](C)(C)O[C@H]1CCCN(C(=O)O)[C@@H]1CC(F)(F)Cn1cnc2cc(Cl)c(Cl)cc21. The Morgan fingerprint density at radius 1 is 1.27 bits per heavy atom. The van der Waals surface area contributed by atoms with Gasteiger partial charge in [-0.25, -0.2) is 18.6 Å². The molecular formula is C22H31Cl2F2N3O3Si. The Hall–Kier alpha value is -1.42. The third kappa shape index (κ3) is 5.81. The minimum absolute atomic E-state index is 0.123. The highest BCUT2D eigenvalue weighted by molar-refractivity contribution is 6.74. The standard InChI is InChI=1S/C22H31Cl2F2N3O3Si/c1-21(2,3)33(4,5)32-19-7-6-8-29(20(30)31)18(19)11-22(25,26)12-28-13-27-16-9-14(23)15(24)10-17(16)28/h9-10,13,18-19H,6-8,11-12H2,1-5H3,(H,30,31)/t18-,19+/m1/s1. The van der Waals surface area contributed by atoms with E-state index in [-0.39, 0.29) is 16.6 Å². The molecule has 0 unspecified atom stereocenters. The zero-order chi connectivity index (χ0) is 24.8. The molecule has 0 spiro atoms. The fraction of sp³-hybridized carbons (Fsp3) is 0.636. The highest BCUT2D eigenvalue weighted by Gasteiger charge is 2.47. The summed E-state index contributed by atoms with van der Waals surface area (Å²) in [5.41, 5.74) is 0.904. The summed E-state index contributed by atoms with van der Waals surface area (Å²) < 4.78 is 38.6. The van der Waals surface area contributed by atoms with Crippen molar-refractivity contribution in [3.63, 3.8) is 0 Å². The van der Waals surface area contributed by atoms with E-state index < -0.39 is 45.4 Å². The minimum Gasteiger partial charge on any atom is -0.465 e. The summed E-state index contributed by atoms with van der Waals surface area (Å²) in [7, 11) is -2.29. The predicted octanol–water partition coefficient (Wildman–Crippen LogP) is 6.90. The van der Waals surface area contributed by atoms with Gasteiger partial charge in [0.15, 0.2) is 8.32 Å². The summed E-state index contributed by atoms with van der Waals surface area (Å²) >= 11 is 12.1. The number of carbonyl (C=O) groups is 1. The first-order valence-electron chi connectivity index (χ1n) is 11.0. The zero-order valence-corrected chi connectivity index (χ0v) is 22.1. The van der Waals surface area contributed by atoms with Crippen LogP contribution in [0.5, 0.6) is 0 Å². The van der Waals surface area contributed by atoms with Gasteiger partial charge in [-0.3, -0.25) is 0 Å². The third-order valence-corrected chi connectivity index (χ3v) is 12.0. The molecule has 1 aromatic heterocycles. The number of amides is 1. The smallest absolute Gasteiger partial charge is 0.407 e. The molecule has 2 atom stereocenters. The summed E-state index contributed by atoms with van der Waals surface area (Å²) in [6.07, 6.45) is 0.0471. The van der Waals surface area contributed by atoms with Gasteiger partial charge in [0.25, 0.3) is 5.92 Å². The average Bonchev–Trinajstić information content (AvgIpc) is 3.02. The fourth-order valence-electron chi connectivity index (χ4n) is 3.99. The van der Waals surface area contributed by atoms with Gasteiger partial charge in [0.05, 0.1) is 46.1 Å². The van der Waals surface area contributed by atoms with Crippen molar-refractivity contribution in [3.8, 4) is 0 Å². The molecular weight excluding hydrogens is 491 g/mol. The second-order valence-corrected chi connectivity index (χ2v) is 15.9. The minimum atomic E-state index is -3.20. The van der Waals surface area contributed by atoms with E-state index in [1.807, 2.05) is 0 Å². The number of benzene rings is 1. The second-order valence-electron chi connectivity index (χ2n) is 10.3.